The fraction of sp³-hybridized carbons (Fsp3) is 0.500. The second-order valence-corrected chi connectivity index (χ2v) is 6.09. The van der Waals surface area contributed by atoms with Gasteiger partial charge in [-0.15, -0.1) is 0 Å². The highest BCUT2D eigenvalue weighted by molar-refractivity contribution is 7.53. The van der Waals surface area contributed by atoms with Crippen LogP contribution in [0.3, 0.4) is 0 Å². The molecule has 1 aromatic rings. The maximum atomic E-state index is 11.7. The molecule has 90 valence electrons. The van der Waals surface area contributed by atoms with Gasteiger partial charge in [0.25, 0.3) is 0 Å². The van der Waals surface area contributed by atoms with Crippen molar-refractivity contribution in [2.75, 3.05) is 0 Å². The molecule has 0 unspecified atom stereocenters. The molecule has 2 N–H and O–H groups in total. The molecule has 0 saturated carbocycles. The van der Waals surface area contributed by atoms with E-state index < -0.39 is 12.8 Å². The smallest absolute Gasteiger partial charge is 0.324 e. The van der Waals surface area contributed by atoms with Gasteiger partial charge in [0, 0.05) is 0 Å². The summed E-state index contributed by atoms with van der Waals surface area (Å²) in [5.41, 5.74) is 1.83. The quantitative estimate of drug-likeness (QED) is 0.797. The van der Waals surface area contributed by atoms with Gasteiger partial charge in [0.05, 0.1) is 5.16 Å². The van der Waals surface area contributed by atoms with Crippen LogP contribution in [0.2, 0.25) is 0 Å². The van der Waals surface area contributed by atoms with Crippen molar-refractivity contribution in [1.29, 1.82) is 0 Å². The summed E-state index contributed by atoms with van der Waals surface area (Å²) in [5, 5.41) is -1.03. The molecule has 0 spiro atoms. The van der Waals surface area contributed by atoms with E-state index in [0.717, 1.165) is 11.1 Å². The van der Waals surface area contributed by atoms with E-state index in [4.69, 9.17) is 0 Å². The molecule has 1 aromatic carbocycles. The highest BCUT2D eigenvalue weighted by Crippen LogP contribution is 2.60. The second-order valence-electron chi connectivity index (χ2n) is 4.15. The van der Waals surface area contributed by atoms with E-state index in [0.29, 0.717) is 12.8 Å². The maximum Gasteiger partial charge on any atom is 0.335 e. The molecule has 0 fully saturated rings. The van der Waals surface area contributed by atoms with E-state index >= 15 is 0 Å². The molecule has 0 amide bonds. The summed E-state index contributed by atoms with van der Waals surface area (Å²) in [7, 11) is -4.14. The van der Waals surface area contributed by atoms with Crippen LogP contribution in [0.15, 0.2) is 24.3 Å². The predicted octanol–water partition coefficient (Wildman–Crippen LogP) is 3.19. The van der Waals surface area contributed by atoms with Gasteiger partial charge in [-0.25, -0.2) is 0 Å². The summed E-state index contributed by atoms with van der Waals surface area (Å²) >= 11 is 0. The zero-order valence-corrected chi connectivity index (χ0v) is 10.9. The topological polar surface area (TPSA) is 57.5 Å². The number of hydrogen-bond acceptors (Lipinski definition) is 1. The summed E-state index contributed by atoms with van der Waals surface area (Å²) in [6.07, 6.45) is 0.883. The van der Waals surface area contributed by atoms with Gasteiger partial charge in [0.1, 0.15) is 0 Å². The highest BCUT2D eigenvalue weighted by Gasteiger charge is 2.45. The summed E-state index contributed by atoms with van der Waals surface area (Å²) in [5.74, 6) is 0. The van der Waals surface area contributed by atoms with Gasteiger partial charge in [0.15, 0.2) is 0 Å². The zero-order chi connectivity index (χ0) is 12.4. The standard InChI is InChI=1S/C12H19O3P/c1-4-12(5-2,16(13,14)15)11-8-6-10(3)7-9-11/h6-9H,4-5H2,1-3H3,(H2,13,14,15). The molecule has 3 nitrogen and oxygen atoms in total. The van der Waals surface area contributed by atoms with Crippen LogP contribution in [-0.2, 0) is 9.72 Å². The third-order valence-electron chi connectivity index (χ3n) is 3.32. The molecule has 1 rings (SSSR count). The van der Waals surface area contributed by atoms with E-state index in [2.05, 4.69) is 0 Å². The van der Waals surface area contributed by atoms with Crippen molar-refractivity contribution < 1.29 is 14.4 Å². The molecule has 0 bridgehead atoms. The number of hydrogen-bond donors (Lipinski definition) is 2. The van der Waals surface area contributed by atoms with Gasteiger partial charge >= 0.3 is 7.60 Å². The van der Waals surface area contributed by atoms with Crippen LogP contribution in [-0.4, -0.2) is 9.79 Å². The Hall–Kier alpha value is -0.630. The molecule has 0 aliphatic rings. The molecule has 0 aliphatic heterocycles. The molecule has 0 heterocycles. The third kappa shape index (κ3) is 2.22. The van der Waals surface area contributed by atoms with Crippen LogP contribution in [0.5, 0.6) is 0 Å². The minimum atomic E-state index is -4.14. The first-order valence-corrected chi connectivity index (χ1v) is 7.11. The Morgan fingerprint density at radius 3 is 1.88 bits per heavy atom. The Labute approximate surface area is 96.7 Å². The number of benzene rings is 1. The Morgan fingerprint density at radius 2 is 1.56 bits per heavy atom. The lowest BCUT2D eigenvalue weighted by atomic mass is 9.92. The molecule has 0 radical (unpaired) electrons. The normalized spacial score (nSPS) is 12.8. The van der Waals surface area contributed by atoms with Gasteiger partial charge in [-0.1, -0.05) is 43.7 Å². The highest BCUT2D eigenvalue weighted by atomic mass is 31.2. The van der Waals surface area contributed by atoms with Crippen LogP contribution in [0.1, 0.15) is 37.8 Å². The Balaban J connectivity index is 3.32. The largest absolute Gasteiger partial charge is 0.335 e. The van der Waals surface area contributed by atoms with Crippen molar-refractivity contribution in [1.82, 2.24) is 0 Å². The first-order valence-electron chi connectivity index (χ1n) is 5.50. The van der Waals surface area contributed by atoms with E-state index in [9.17, 15) is 14.4 Å². The molecule has 4 heteroatoms. The summed E-state index contributed by atoms with van der Waals surface area (Å²) in [4.78, 5) is 19.1. The monoisotopic (exact) mass is 242 g/mol. The SMILES string of the molecule is CCC(CC)(c1ccc(C)cc1)P(=O)(O)O. The van der Waals surface area contributed by atoms with E-state index in [1.165, 1.54) is 0 Å². The van der Waals surface area contributed by atoms with Crippen LogP contribution < -0.4 is 0 Å². The average molecular weight is 242 g/mol. The van der Waals surface area contributed by atoms with Crippen molar-refractivity contribution in [2.45, 2.75) is 38.8 Å². The third-order valence-corrected chi connectivity index (χ3v) is 5.32. The first kappa shape index (κ1) is 13.4. The number of rotatable bonds is 4. The molecule has 0 atom stereocenters. The van der Waals surface area contributed by atoms with Crippen LogP contribution in [0, 0.1) is 6.92 Å². The Morgan fingerprint density at radius 1 is 1.12 bits per heavy atom. The van der Waals surface area contributed by atoms with Crippen molar-refractivity contribution in [2.24, 2.45) is 0 Å². The van der Waals surface area contributed by atoms with Crippen LogP contribution in [0.4, 0.5) is 0 Å². The molecule has 0 aliphatic carbocycles. The zero-order valence-electron chi connectivity index (χ0n) is 9.97. The van der Waals surface area contributed by atoms with Gasteiger partial charge in [0.2, 0.25) is 0 Å². The van der Waals surface area contributed by atoms with Crippen molar-refractivity contribution in [3.05, 3.63) is 35.4 Å². The Kier molecular flexibility index (Phi) is 3.95. The van der Waals surface area contributed by atoms with Crippen molar-refractivity contribution >= 4 is 7.60 Å². The summed E-state index contributed by atoms with van der Waals surface area (Å²) in [6.45, 7) is 5.60. The fourth-order valence-corrected chi connectivity index (χ4v) is 3.41. The number of aryl methyl sites for hydroxylation is 1. The lowest BCUT2D eigenvalue weighted by Crippen LogP contribution is -2.24. The van der Waals surface area contributed by atoms with Crippen LogP contribution >= 0.6 is 7.60 Å². The predicted molar refractivity (Wildman–Crippen MR) is 65.5 cm³/mol. The van der Waals surface area contributed by atoms with Crippen LogP contribution in [0.25, 0.3) is 0 Å². The van der Waals surface area contributed by atoms with Crippen molar-refractivity contribution in [3.63, 3.8) is 0 Å². The van der Waals surface area contributed by atoms with Gasteiger partial charge < -0.3 is 9.79 Å². The van der Waals surface area contributed by atoms with Gasteiger partial charge in [-0.3, -0.25) is 4.57 Å². The lowest BCUT2D eigenvalue weighted by molar-refractivity contribution is 0.315. The molecular formula is C12H19O3P. The van der Waals surface area contributed by atoms with E-state index in [1.54, 1.807) is 0 Å². The molecule has 0 saturated heterocycles. The fourth-order valence-electron chi connectivity index (χ4n) is 2.10. The average Bonchev–Trinajstić information content (AvgIpc) is 2.21. The second kappa shape index (κ2) is 4.70. The molecule has 0 aromatic heterocycles. The molecule has 16 heavy (non-hydrogen) atoms. The minimum Gasteiger partial charge on any atom is -0.324 e. The molecular weight excluding hydrogens is 223 g/mol. The first-order chi connectivity index (χ1) is 7.37. The Bertz CT molecular complexity index is 387. The van der Waals surface area contributed by atoms with Gasteiger partial charge in [-0.2, -0.15) is 0 Å². The van der Waals surface area contributed by atoms with Crippen molar-refractivity contribution in [3.8, 4) is 0 Å². The lowest BCUT2D eigenvalue weighted by Gasteiger charge is -2.32. The maximum absolute atomic E-state index is 11.7. The van der Waals surface area contributed by atoms with E-state index in [-0.39, 0.29) is 0 Å². The minimum absolute atomic E-state index is 0.441. The summed E-state index contributed by atoms with van der Waals surface area (Å²) in [6, 6.07) is 7.43. The van der Waals surface area contributed by atoms with Gasteiger partial charge in [-0.05, 0) is 25.3 Å². The summed E-state index contributed by atoms with van der Waals surface area (Å²) < 4.78 is 11.7. The van der Waals surface area contributed by atoms with E-state index in [1.807, 2.05) is 45.0 Å².